The smallest absolute Gasteiger partial charge is 0.0859 e. The van der Waals surface area contributed by atoms with Crippen molar-refractivity contribution in [2.24, 2.45) is 0 Å². The van der Waals surface area contributed by atoms with Crippen LogP contribution in [0.25, 0.3) is 60.9 Å². The molecule has 0 atom stereocenters. The van der Waals surface area contributed by atoms with Crippen LogP contribution >= 0.6 is 0 Å². The zero-order chi connectivity index (χ0) is 38.8. The Morgan fingerprint density at radius 2 is 0.772 bits per heavy atom. The van der Waals surface area contributed by atoms with E-state index in [9.17, 15) is 0 Å². The fraction of sp³-hybridized carbons (Fsp3) is 0.111. The van der Waals surface area contributed by atoms with Gasteiger partial charge < -0.3 is 9.47 Å². The summed E-state index contributed by atoms with van der Waals surface area (Å²) >= 11 is 0. The Morgan fingerprint density at radius 1 is 0.368 bits per heavy atom. The second-order valence-electron chi connectivity index (χ2n) is 15.2. The Hall–Kier alpha value is -6.42. The molecule has 3 heteroatoms. The van der Waals surface area contributed by atoms with Gasteiger partial charge in [0.25, 0.3) is 0 Å². The van der Waals surface area contributed by atoms with E-state index in [0.29, 0.717) is 0 Å². The first-order valence-electron chi connectivity index (χ1n) is 20.4. The average molecular weight is 753 g/mol. The van der Waals surface area contributed by atoms with Gasteiger partial charge in [0.05, 0.1) is 19.1 Å². The third-order valence-corrected chi connectivity index (χ3v) is 18.0. The van der Waals surface area contributed by atoms with Gasteiger partial charge in [-0.05, 0) is 100 Å². The van der Waals surface area contributed by atoms with Crippen LogP contribution in [0.5, 0.6) is 0 Å². The van der Waals surface area contributed by atoms with Crippen LogP contribution in [0.2, 0.25) is 18.1 Å². The topological polar surface area (TPSA) is 8.17 Å². The van der Waals surface area contributed by atoms with E-state index < -0.39 is 8.07 Å². The minimum absolute atomic E-state index is 1.12. The van der Waals surface area contributed by atoms with E-state index in [1.54, 1.807) is 5.19 Å². The molecule has 0 aliphatic rings. The summed E-state index contributed by atoms with van der Waals surface area (Å²) < 4.78 is 2.37. The fourth-order valence-electron chi connectivity index (χ4n) is 8.87. The molecule has 0 fully saturated rings. The molecule has 9 rings (SSSR count). The molecular weight excluding hydrogens is 705 g/mol. The minimum Gasteiger partial charge on any atom is -0.311 e. The Bertz CT molecular complexity index is 2740. The molecule has 0 amide bonds. The Morgan fingerprint density at radius 3 is 1.30 bits per heavy atom. The van der Waals surface area contributed by atoms with Gasteiger partial charge in [0.15, 0.2) is 0 Å². The number of rotatable bonds is 11. The van der Waals surface area contributed by atoms with Crippen molar-refractivity contribution in [3.8, 4) is 39.1 Å². The summed E-state index contributed by atoms with van der Waals surface area (Å²) in [7, 11) is -1.41. The maximum Gasteiger partial charge on any atom is 0.0859 e. The van der Waals surface area contributed by atoms with E-state index in [-0.39, 0.29) is 0 Å². The number of nitrogens with zero attached hydrogens (tertiary/aromatic N) is 2. The number of anilines is 3. The van der Waals surface area contributed by atoms with Crippen LogP contribution in [-0.2, 0) is 0 Å². The molecular formula is C54H48N2Si. The highest BCUT2D eigenvalue weighted by Crippen LogP contribution is 2.39. The Kier molecular flexibility index (Phi) is 9.92. The molecule has 9 aromatic rings. The maximum absolute atomic E-state index is 2.41. The van der Waals surface area contributed by atoms with Crippen LogP contribution < -0.4 is 10.1 Å². The van der Waals surface area contributed by atoms with Crippen LogP contribution in [0.4, 0.5) is 17.1 Å². The van der Waals surface area contributed by atoms with E-state index in [1.807, 2.05) is 0 Å². The van der Waals surface area contributed by atoms with Crippen molar-refractivity contribution in [3.63, 3.8) is 0 Å². The first-order chi connectivity index (χ1) is 28.1. The summed E-state index contributed by atoms with van der Waals surface area (Å²) in [4.78, 5) is 2.37. The highest BCUT2D eigenvalue weighted by molar-refractivity contribution is 6.91. The van der Waals surface area contributed by atoms with Gasteiger partial charge in [-0.25, -0.2) is 0 Å². The van der Waals surface area contributed by atoms with Crippen molar-refractivity contribution in [1.82, 2.24) is 4.57 Å². The lowest BCUT2D eigenvalue weighted by molar-refractivity contribution is 1.18. The fourth-order valence-corrected chi connectivity index (χ4v) is 12.5. The van der Waals surface area contributed by atoms with E-state index in [4.69, 9.17) is 0 Å². The summed E-state index contributed by atoms with van der Waals surface area (Å²) in [5.41, 5.74) is 14.3. The SMILES string of the molecule is CC[Si](CC)(CC)c1ccc(-c2ccc(N(c3ccc(-c4ccccc4)cc3)c3ccc(-c4ccc5c(c4)c4ccccc4n5-c4ccccc4)cc3)cc2)cc1. The second-order valence-corrected chi connectivity index (χ2v) is 20.4. The quantitative estimate of drug-likeness (QED) is 0.119. The van der Waals surface area contributed by atoms with Crippen LogP contribution in [0.15, 0.2) is 200 Å². The van der Waals surface area contributed by atoms with Crippen LogP contribution in [0, 0.1) is 0 Å². The number of benzene rings is 8. The van der Waals surface area contributed by atoms with Gasteiger partial charge >= 0.3 is 0 Å². The molecule has 0 unspecified atom stereocenters. The lowest BCUT2D eigenvalue weighted by Crippen LogP contribution is -2.45. The first-order valence-corrected chi connectivity index (χ1v) is 23.1. The lowest BCUT2D eigenvalue weighted by Gasteiger charge is -2.29. The van der Waals surface area contributed by atoms with Crippen molar-refractivity contribution >= 4 is 52.1 Å². The average Bonchev–Trinajstić information content (AvgIpc) is 3.62. The van der Waals surface area contributed by atoms with E-state index in [0.717, 1.165) is 17.1 Å². The largest absolute Gasteiger partial charge is 0.311 e. The highest BCUT2D eigenvalue weighted by Gasteiger charge is 2.28. The van der Waals surface area contributed by atoms with Crippen molar-refractivity contribution in [3.05, 3.63) is 200 Å². The van der Waals surface area contributed by atoms with Crippen LogP contribution in [0.1, 0.15) is 20.8 Å². The van der Waals surface area contributed by atoms with Crippen molar-refractivity contribution < 1.29 is 0 Å². The maximum atomic E-state index is 2.41. The molecule has 0 saturated heterocycles. The standard InChI is InChI=1S/C54H48N2Si/c1-4-57(5-2,6-3)50-36-27-43(28-37-50)42-23-32-48(33-24-42)55(47-30-21-41(22-31-47)40-15-9-7-10-16-40)49-34-25-44(26-35-49)45-29-38-54-52(39-45)51-19-13-14-20-53(51)56(54)46-17-11-8-12-18-46/h7-39H,4-6H2,1-3H3. The Balaban J connectivity index is 1.07. The molecule has 57 heavy (non-hydrogen) atoms. The number of hydrogen-bond acceptors (Lipinski definition) is 1. The van der Waals surface area contributed by atoms with Crippen LogP contribution in [0.3, 0.4) is 0 Å². The summed E-state index contributed by atoms with van der Waals surface area (Å²) in [6, 6.07) is 77.3. The van der Waals surface area contributed by atoms with Crippen molar-refractivity contribution in [2.75, 3.05) is 4.90 Å². The zero-order valence-corrected chi connectivity index (χ0v) is 34.1. The van der Waals surface area contributed by atoms with Gasteiger partial charge in [-0.15, -0.1) is 0 Å². The summed E-state index contributed by atoms with van der Waals surface area (Å²) in [5.74, 6) is 0. The molecule has 8 aromatic carbocycles. The molecule has 1 aromatic heterocycles. The van der Waals surface area contributed by atoms with Gasteiger partial charge in [0, 0.05) is 33.5 Å². The molecule has 2 nitrogen and oxygen atoms in total. The molecule has 0 radical (unpaired) electrons. The van der Waals surface area contributed by atoms with Crippen molar-refractivity contribution in [1.29, 1.82) is 0 Å². The van der Waals surface area contributed by atoms with Crippen molar-refractivity contribution in [2.45, 2.75) is 38.9 Å². The predicted molar refractivity (Wildman–Crippen MR) is 249 cm³/mol. The van der Waals surface area contributed by atoms with Gasteiger partial charge in [0.2, 0.25) is 0 Å². The molecule has 0 aliphatic heterocycles. The minimum atomic E-state index is -1.41. The summed E-state index contributed by atoms with van der Waals surface area (Å²) in [5, 5.41) is 4.10. The third-order valence-electron chi connectivity index (χ3n) is 12.4. The lowest BCUT2D eigenvalue weighted by atomic mass is 10.0. The molecule has 0 saturated carbocycles. The Labute approximate surface area is 338 Å². The second kappa shape index (κ2) is 15.6. The normalized spacial score (nSPS) is 11.6. The number of para-hydroxylation sites is 2. The van der Waals surface area contributed by atoms with E-state index in [1.165, 1.54) is 79.0 Å². The number of aromatic nitrogens is 1. The molecule has 0 aliphatic carbocycles. The highest BCUT2D eigenvalue weighted by atomic mass is 28.3. The number of fused-ring (bicyclic) bond motifs is 3. The van der Waals surface area contributed by atoms with Gasteiger partial charge in [-0.1, -0.05) is 178 Å². The number of hydrogen-bond donors (Lipinski definition) is 0. The molecule has 1 heterocycles. The molecule has 0 N–H and O–H groups in total. The van der Waals surface area contributed by atoms with Gasteiger partial charge in [0.1, 0.15) is 0 Å². The summed E-state index contributed by atoms with van der Waals surface area (Å²) in [6.45, 7) is 7.14. The van der Waals surface area contributed by atoms with E-state index >= 15 is 0 Å². The summed E-state index contributed by atoms with van der Waals surface area (Å²) in [6.07, 6.45) is 0. The van der Waals surface area contributed by atoms with Gasteiger partial charge in [-0.2, -0.15) is 0 Å². The zero-order valence-electron chi connectivity index (χ0n) is 33.1. The molecule has 0 bridgehead atoms. The molecule has 0 spiro atoms. The van der Waals surface area contributed by atoms with Crippen LogP contribution in [-0.4, -0.2) is 12.6 Å². The third kappa shape index (κ3) is 6.79. The monoisotopic (exact) mass is 752 g/mol. The molecule has 278 valence electrons. The first kappa shape index (κ1) is 36.2. The van der Waals surface area contributed by atoms with Gasteiger partial charge in [-0.3, -0.25) is 0 Å². The predicted octanol–water partition coefficient (Wildman–Crippen LogP) is 15.0. The van der Waals surface area contributed by atoms with E-state index in [2.05, 4.69) is 230 Å².